The van der Waals surface area contributed by atoms with Crippen LogP contribution in [0.4, 0.5) is 0 Å². The van der Waals surface area contributed by atoms with Crippen LogP contribution in [-0.4, -0.2) is 18.2 Å². The zero-order valence-corrected chi connectivity index (χ0v) is 27.5. The highest BCUT2D eigenvalue weighted by Gasteiger charge is 2.36. The van der Waals surface area contributed by atoms with Gasteiger partial charge in [-0.05, 0) is 90.5 Å². The van der Waals surface area contributed by atoms with Crippen molar-refractivity contribution in [1.29, 1.82) is 0 Å². The summed E-state index contributed by atoms with van der Waals surface area (Å²) >= 11 is -0.577. The van der Waals surface area contributed by atoms with E-state index in [1.807, 2.05) is 30.5 Å². The van der Waals surface area contributed by atoms with Crippen LogP contribution in [0.15, 0.2) is 148 Å². The average molecular weight is 706 g/mol. The van der Waals surface area contributed by atoms with Gasteiger partial charge < -0.3 is 4.42 Å². The topological polar surface area (TPSA) is 50.8 Å². The summed E-state index contributed by atoms with van der Waals surface area (Å²) < 4.78 is 8.63. The van der Waals surface area contributed by atoms with Gasteiger partial charge in [0.25, 0.3) is 0 Å². The van der Waals surface area contributed by atoms with E-state index in [1.54, 1.807) is 0 Å². The average Bonchev–Trinajstić information content (AvgIpc) is 3.58. The Bertz CT molecular complexity index is 2380. The molecule has 0 saturated heterocycles. The molecule has 7 aromatic rings. The molecule has 220 valence electrons. The van der Waals surface area contributed by atoms with Gasteiger partial charge >= 0.3 is 0 Å². The lowest BCUT2D eigenvalue weighted by molar-refractivity contribution is 0.658. The van der Waals surface area contributed by atoms with Gasteiger partial charge in [0.05, 0.1) is 5.69 Å². The Balaban J connectivity index is 1.08. The molecular weight excluding hydrogens is 677 g/mol. The van der Waals surface area contributed by atoms with Crippen molar-refractivity contribution in [1.82, 2.24) is 4.98 Å². The Morgan fingerprint density at radius 3 is 2.13 bits per heavy atom. The van der Waals surface area contributed by atoms with Crippen LogP contribution in [-0.2, 0) is 5.41 Å². The number of aromatic nitrogens is 1. The van der Waals surface area contributed by atoms with Crippen LogP contribution in [0.3, 0.4) is 0 Å². The molecule has 4 nitrogen and oxygen atoms in total. The summed E-state index contributed by atoms with van der Waals surface area (Å²) in [4.78, 5) is 14.7. The number of benzene rings is 5. The molecule has 0 fully saturated rings. The molecule has 9 rings (SSSR count). The number of furan rings is 1. The molecule has 5 aromatic carbocycles. The molecule has 0 atom stereocenters. The summed E-state index contributed by atoms with van der Waals surface area (Å²) in [6.45, 7) is 4.64. The van der Waals surface area contributed by atoms with Crippen LogP contribution < -0.4 is 0 Å². The highest BCUT2D eigenvalue weighted by Crippen LogP contribution is 2.50. The summed E-state index contributed by atoms with van der Waals surface area (Å²) in [6.07, 6.45) is 1.83. The normalized spacial score (nSPS) is 15.0. The molecule has 0 radical (unpaired) electrons. The summed E-state index contributed by atoms with van der Waals surface area (Å²) in [6, 6.07) is 44.8. The lowest BCUT2D eigenvalue weighted by atomic mass is 9.82. The number of hydrogen-bond donors (Lipinski definition) is 0. The van der Waals surface area contributed by atoms with E-state index in [4.69, 9.17) is 14.4 Å². The van der Waals surface area contributed by atoms with Crippen LogP contribution >= 0.6 is 20.7 Å². The first-order chi connectivity index (χ1) is 22.5. The van der Waals surface area contributed by atoms with Gasteiger partial charge in [0.1, 0.15) is 18.5 Å². The predicted octanol–water partition coefficient (Wildman–Crippen LogP) is 10.3. The third-order valence-electron chi connectivity index (χ3n) is 9.13. The van der Waals surface area contributed by atoms with Crippen molar-refractivity contribution in [2.24, 2.45) is 9.98 Å². The summed E-state index contributed by atoms with van der Waals surface area (Å²) in [5.41, 5.74) is 12.4. The summed E-state index contributed by atoms with van der Waals surface area (Å²) in [7, 11) is 0. The smallest absolute Gasteiger partial charge is 0.161 e. The minimum atomic E-state index is -0.577. The van der Waals surface area contributed by atoms with Gasteiger partial charge in [0.2, 0.25) is 0 Å². The first-order valence-corrected chi connectivity index (χ1v) is 17.6. The second-order valence-corrected chi connectivity index (χ2v) is 14.8. The van der Waals surface area contributed by atoms with Crippen LogP contribution in [0.25, 0.3) is 44.2 Å². The lowest BCUT2D eigenvalue weighted by Gasteiger charge is -2.21. The number of halogens is 1. The number of aliphatic imine (C=N–C) groups is 2. The molecule has 1 aliphatic heterocycles. The van der Waals surface area contributed by atoms with Gasteiger partial charge in [-0.2, -0.15) is 0 Å². The molecule has 46 heavy (non-hydrogen) atoms. The van der Waals surface area contributed by atoms with Gasteiger partial charge in [-0.3, -0.25) is 4.98 Å². The molecule has 1 aliphatic carbocycles. The molecule has 2 aromatic heterocycles. The van der Waals surface area contributed by atoms with Gasteiger partial charge in [0, 0.05) is 33.5 Å². The van der Waals surface area contributed by atoms with E-state index in [0.717, 1.165) is 57.7 Å². The SMILES string of the molecule is CC1(C)c2ccccc2-c2cc3oc4cc(-c5ccc(C6=NC(c7ccccn7)=IC(c7ccccc7)=N6)cc5)ccc4c3cc21. The summed E-state index contributed by atoms with van der Waals surface area (Å²) in [5, 5.41) is 2.31. The predicted molar refractivity (Wildman–Crippen MR) is 199 cm³/mol. The number of nitrogens with zero attached hydrogens (tertiary/aromatic N) is 3. The second kappa shape index (κ2) is 10.5. The summed E-state index contributed by atoms with van der Waals surface area (Å²) in [5.74, 6) is 0.724. The van der Waals surface area contributed by atoms with Gasteiger partial charge in [-0.25, -0.2) is 9.98 Å². The van der Waals surface area contributed by atoms with E-state index < -0.39 is 20.7 Å². The molecule has 0 bridgehead atoms. The Morgan fingerprint density at radius 1 is 0.565 bits per heavy atom. The minimum Gasteiger partial charge on any atom is -0.456 e. The van der Waals surface area contributed by atoms with Gasteiger partial charge in [-0.15, -0.1) is 0 Å². The van der Waals surface area contributed by atoms with Crippen molar-refractivity contribution in [2.75, 3.05) is 0 Å². The molecular formula is C41H28IN3O. The first kappa shape index (κ1) is 27.3. The standard InChI is InChI=1S/C41H28IN3O/c1-41(2)33-13-7-6-12-29(33)31-24-37-32(23-34(31)41)30-20-19-28(22-36(30)46-37)25-15-17-27(18-16-25)40-44-38(26-10-4-3-5-11-26)42-39(45-40)35-14-8-9-21-43-35/h3-24H,1-2H3. The molecule has 5 heteroatoms. The molecule has 0 spiro atoms. The minimum absolute atomic E-state index is 0.0439. The van der Waals surface area contributed by atoms with E-state index in [-0.39, 0.29) is 5.41 Å². The largest absolute Gasteiger partial charge is 0.456 e. The second-order valence-electron chi connectivity index (χ2n) is 12.3. The molecule has 0 amide bonds. The zero-order valence-electron chi connectivity index (χ0n) is 25.3. The maximum atomic E-state index is 6.51. The molecule has 0 N–H and O–H groups in total. The molecule has 2 aliphatic rings. The van der Waals surface area contributed by atoms with E-state index in [2.05, 4.69) is 122 Å². The van der Waals surface area contributed by atoms with Crippen molar-refractivity contribution in [3.63, 3.8) is 0 Å². The zero-order chi connectivity index (χ0) is 30.8. The fourth-order valence-corrected chi connectivity index (χ4v) is 9.16. The van der Waals surface area contributed by atoms with E-state index in [1.165, 1.54) is 27.6 Å². The van der Waals surface area contributed by atoms with Crippen LogP contribution in [0, 0.1) is 0 Å². The Morgan fingerprint density at radius 2 is 1.30 bits per heavy atom. The van der Waals surface area contributed by atoms with Gasteiger partial charge in [-0.1, -0.05) is 105 Å². The number of rotatable bonds is 4. The number of pyridine rings is 1. The number of fused-ring (bicyclic) bond motifs is 6. The van der Waals surface area contributed by atoms with Crippen molar-refractivity contribution >= 4 is 55.9 Å². The third kappa shape index (κ3) is 4.41. The highest BCUT2D eigenvalue weighted by molar-refractivity contribution is 14.2. The van der Waals surface area contributed by atoms with Crippen LogP contribution in [0.2, 0.25) is 0 Å². The van der Waals surface area contributed by atoms with E-state index >= 15 is 0 Å². The molecule has 3 heterocycles. The first-order valence-electron chi connectivity index (χ1n) is 15.4. The van der Waals surface area contributed by atoms with Gasteiger partial charge in [0.15, 0.2) is 5.84 Å². The molecule has 0 saturated carbocycles. The highest BCUT2D eigenvalue weighted by atomic mass is 127. The maximum Gasteiger partial charge on any atom is 0.161 e. The third-order valence-corrected chi connectivity index (χ3v) is 11.8. The van der Waals surface area contributed by atoms with Crippen molar-refractivity contribution in [3.8, 4) is 22.3 Å². The van der Waals surface area contributed by atoms with Crippen molar-refractivity contribution < 1.29 is 4.42 Å². The maximum absolute atomic E-state index is 6.51. The van der Waals surface area contributed by atoms with Crippen LogP contribution in [0.5, 0.6) is 0 Å². The number of amidine groups is 1. The quantitative estimate of drug-likeness (QED) is 0.171. The Kier molecular flexibility index (Phi) is 6.25. The monoisotopic (exact) mass is 705 g/mol. The van der Waals surface area contributed by atoms with E-state index in [9.17, 15) is 0 Å². The Labute approximate surface area is 277 Å². The Hall–Kier alpha value is -5.01. The molecule has 0 unspecified atom stereocenters. The fourth-order valence-electron chi connectivity index (χ4n) is 6.71. The van der Waals surface area contributed by atoms with Crippen LogP contribution in [0.1, 0.15) is 41.8 Å². The fraction of sp³-hybridized carbons (Fsp3) is 0.0732. The van der Waals surface area contributed by atoms with Crippen molar-refractivity contribution in [3.05, 3.63) is 162 Å². The lowest BCUT2D eigenvalue weighted by Crippen LogP contribution is -2.14. The van der Waals surface area contributed by atoms with Crippen molar-refractivity contribution in [2.45, 2.75) is 19.3 Å². The van der Waals surface area contributed by atoms with E-state index in [0.29, 0.717) is 0 Å². The number of hydrogen-bond acceptors (Lipinski definition) is 4.